The Morgan fingerprint density at radius 1 is 1.29 bits per heavy atom. The summed E-state index contributed by atoms with van der Waals surface area (Å²) < 4.78 is 27.1. The van der Waals surface area contributed by atoms with Gasteiger partial charge in [0.25, 0.3) is 0 Å². The summed E-state index contributed by atoms with van der Waals surface area (Å²) in [4.78, 5) is 1.35. The fourth-order valence-corrected chi connectivity index (χ4v) is 4.73. The van der Waals surface area contributed by atoms with Gasteiger partial charge in [0.15, 0.2) is 0 Å². The molecule has 1 unspecified atom stereocenters. The van der Waals surface area contributed by atoms with Gasteiger partial charge in [-0.25, -0.2) is 8.42 Å². The van der Waals surface area contributed by atoms with Crippen LogP contribution in [0.2, 0.25) is 0 Å². The molecule has 0 fully saturated rings. The Bertz CT molecular complexity index is 709. The topological polar surface area (TPSA) is 63.4 Å². The summed E-state index contributed by atoms with van der Waals surface area (Å²) in [6, 6.07) is 8.92. The molecule has 1 heterocycles. The summed E-state index contributed by atoms with van der Waals surface area (Å²) in [5.74, 6) is 0. The van der Waals surface area contributed by atoms with Gasteiger partial charge in [-0.3, -0.25) is 0 Å². The molecule has 0 spiro atoms. The summed E-state index contributed by atoms with van der Waals surface area (Å²) in [6.45, 7) is 4.03. The van der Waals surface area contributed by atoms with Crippen LogP contribution < -0.4 is 5.73 Å². The second-order valence-corrected chi connectivity index (χ2v) is 7.90. The van der Waals surface area contributed by atoms with Crippen molar-refractivity contribution in [3.63, 3.8) is 0 Å². The Morgan fingerprint density at radius 3 is 2.57 bits per heavy atom. The van der Waals surface area contributed by atoms with E-state index in [4.69, 9.17) is 5.73 Å². The number of nitrogens with zero attached hydrogens (tertiary/aromatic N) is 1. The van der Waals surface area contributed by atoms with E-state index in [-0.39, 0.29) is 6.04 Å². The molecule has 0 amide bonds. The molecular formula is C15H20N2O2S2. The monoisotopic (exact) mass is 324 g/mol. The van der Waals surface area contributed by atoms with E-state index >= 15 is 0 Å². The first-order valence-electron chi connectivity index (χ1n) is 6.69. The van der Waals surface area contributed by atoms with Crippen LogP contribution in [0, 0.1) is 6.92 Å². The second kappa shape index (κ2) is 6.27. The summed E-state index contributed by atoms with van der Waals surface area (Å²) in [6.07, 6.45) is 0. The van der Waals surface area contributed by atoms with Gasteiger partial charge in [0.05, 0.1) is 10.9 Å². The van der Waals surface area contributed by atoms with E-state index < -0.39 is 10.0 Å². The van der Waals surface area contributed by atoms with Gasteiger partial charge in [-0.15, -0.1) is 11.3 Å². The van der Waals surface area contributed by atoms with Gasteiger partial charge >= 0.3 is 0 Å². The smallest absolute Gasteiger partial charge is 0.243 e. The normalized spacial score (nSPS) is 13.6. The lowest BCUT2D eigenvalue weighted by molar-refractivity contribution is 0.402. The summed E-state index contributed by atoms with van der Waals surface area (Å²) in [5, 5.41) is 1.95. The van der Waals surface area contributed by atoms with Gasteiger partial charge in [0.1, 0.15) is 0 Å². The number of hydrogen-bond donors (Lipinski definition) is 1. The minimum Gasteiger partial charge on any atom is -0.326 e. The van der Waals surface area contributed by atoms with Crippen LogP contribution in [0.1, 0.15) is 29.0 Å². The standard InChI is InChI=1S/C15H20N2O2S2/c1-11-13(10-16)6-4-8-15(11)21(18,19)17(3)12(2)14-7-5-9-20-14/h4-9,12H,10,16H2,1-3H3. The van der Waals surface area contributed by atoms with E-state index in [1.165, 1.54) is 4.31 Å². The quantitative estimate of drug-likeness (QED) is 0.920. The molecule has 0 radical (unpaired) electrons. The maximum atomic E-state index is 12.8. The predicted octanol–water partition coefficient (Wildman–Crippen LogP) is 2.90. The summed E-state index contributed by atoms with van der Waals surface area (Å²) >= 11 is 1.56. The minimum absolute atomic E-state index is 0.198. The van der Waals surface area contributed by atoms with Crippen LogP contribution in [0.15, 0.2) is 40.6 Å². The molecule has 0 aliphatic carbocycles. The van der Waals surface area contributed by atoms with Crippen LogP contribution in [0.4, 0.5) is 0 Å². The van der Waals surface area contributed by atoms with Crippen molar-refractivity contribution in [3.8, 4) is 0 Å². The Kier molecular flexibility index (Phi) is 4.83. The molecule has 0 bridgehead atoms. The van der Waals surface area contributed by atoms with Crippen LogP contribution in [-0.4, -0.2) is 19.8 Å². The Balaban J connectivity index is 2.42. The molecule has 2 rings (SSSR count). The molecule has 4 nitrogen and oxygen atoms in total. The van der Waals surface area contributed by atoms with Crippen molar-refractivity contribution in [2.45, 2.75) is 31.3 Å². The number of thiophene rings is 1. The van der Waals surface area contributed by atoms with Gasteiger partial charge in [0, 0.05) is 18.5 Å². The lowest BCUT2D eigenvalue weighted by Crippen LogP contribution is -2.30. The zero-order chi connectivity index (χ0) is 15.6. The van der Waals surface area contributed by atoms with Crippen molar-refractivity contribution in [1.29, 1.82) is 0 Å². The van der Waals surface area contributed by atoms with Crippen LogP contribution >= 0.6 is 11.3 Å². The van der Waals surface area contributed by atoms with E-state index in [0.29, 0.717) is 11.4 Å². The van der Waals surface area contributed by atoms with Crippen molar-refractivity contribution in [2.24, 2.45) is 5.73 Å². The molecule has 21 heavy (non-hydrogen) atoms. The molecule has 0 saturated heterocycles. The van der Waals surface area contributed by atoms with Gasteiger partial charge in [-0.1, -0.05) is 18.2 Å². The van der Waals surface area contributed by atoms with Gasteiger partial charge in [0.2, 0.25) is 10.0 Å². The van der Waals surface area contributed by atoms with Crippen molar-refractivity contribution in [3.05, 3.63) is 51.7 Å². The largest absolute Gasteiger partial charge is 0.326 e. The Labute approximate surface area is 130 Å². The molecule has 6 heteroatoms. The number of sulfonamides is 1. The third-order valence-electron chi connectivity index (χ3n) is 3.77. The second-order valence-electron chi connectivity index (χ2n) is 4.96. The number of rotatable bonds is 5. The highest BCUT2D eigenvalue weighted by Gasteiger charge is 2.28. The highest BCUT2D eigenvalue weighted by atomic mass is 32.2. The van der Waals surface area contributed by atoms with Crippen molar-refractivity contribution >= 4 is 21.4 Å². The molecule has 114 valence electrons. The maximum absolute atomic E-state index is 12.8. The van der Waals surface area contributed by atoms with Gasteiger partial charge in [-0.2, -0.15) is 4.31 Å². The van der Waals surface area contributed by atoms with Crippen molar-refractivity contribution in [2.75, 3.05) is 7.05 Å². The molecule has 0 aliphatic rings. The average Bonchev–Trinajstić information content (AvgIpc) is 2.99. The lowest BCUT2D eigenvalue weighted by atomic mass is 10.1. The molecule has 0 aliphatic heterocycles. The first-order chi connectivity index (χ1) is 9.89. The Hall–Kier alpha value is -1.21. The van der Waals surface area contributed by atoms with Crippen LogP contribution in [0.3, 0.4) is 0 Å². The fraction of sp³-hybridized carbons (Fsp3) is 0.333. The molecule has 2 aromatic rings. The third-order valence-corrected chi connectivity index (χ3v) is 6.89. The first kappa shape index (κ1) is 16.2. The molecule has 1 aromatic carbocycles. The average molecular weight is 324 g/mol. The number of nitrogens with two attached hydrogens (primary N) is 1. The summed E-state index contributed by atoms with van der Waals surface area (Å²) in [7, 11) is -1.92. The van der Waals surface area contributed by atoms with Gasteiger partial charge in [-0.05, 0) is 42.5 Å². The fourth-order valence-electron chi connectivity index (χ4n) is 2.23. The zero-order valence-corrected chi connectivity index (χ0v) is 14.0. The number of hydrogen-bond acceptors (Lipinski definition) is 4. The third kappa shape index (κ3) is 3.03. The highest BCUT2D eigenvalue weighted by Crippen LogP contribution is 2.30. The zero-order valence-electron chi connectivity index (χ0n) is 12.4. The van der Waals surface area contributed by atoms with E-state index in [9.17, 15) is 8.42 Å². The summed E-state index contributed by atoms with van der Waals surface area (Å²) in [5.41, 5.74) is 7.25. The van der Waals surface area contributed by atoms with E-state index in [1.54, 1.807) is 37.4 Å². The van der Waals surface area contributed by atoms with Crippen LogP contribution in [0.25, 0.3) is 0 Å². The molecule has 2 N–H and O–H groups in total. The maximum Gasteiger partial charge on any atom is 0.243 e. The van der Waals surface area contributed by atoms with E-state index in [1.807, 2.05) is 30.5 Å². The van der Waals surface area contributed by atoms with E-state index in [0.717, 1.165) is 16.0 Å². The lowest BCUT2D eigenvalue weighted by Gasteiger charge is -2.24. The molecule has 1 aromatic heterocycles. The van der Waals surface area contributed by atoms with Crippen molar-refractivity contribution in [1.82, 2.24) is 4.31 Å². The minimum atomic E-state index is -3.54. The number of benzene rings is 1. The first-order valence-corrected chi connectivity index (χ1v) is 9.01. The van der Waals surface area contributed by atoms with E-state index in [2.05, 4.69) is 0 Å². The SMILES string of the molecule is Cc1c(CN)cccc1S(=O)(=O)N(C)C(C)c1cccs1. The molecular weight excluding hydrogens is 304 g/mol. The molecule has 0 saturated carbocycles. The van der Waals surface area contributed by atoms with Gasteiger partial charge < -0.3 is 5.73 Å². The predicted molar refractivity (Wildman–Crippen MR) is 86.8 cm³/mol. The molecule has 1 atom stereocenters. The Morgan fingerprint density at radius 2 is 2.00 bits per heavy atom. The van der Waals surface area contributed by atoms with Crippen LogP contribution in [0.5, 0.6) is 0 Å². The van der Waals surface area contributed by atoms with Crippen molar-refractivity contribution < 1.29 is 8.42 Å². The highest BCUT2D eigenvalue weighted by molar-refractivity contribution is 7.89. The van der Waals surface area contributed by atoms with Crippen LogP contribution in [-0.2, 0) is 16.6 Å².